The molecule has 1 aliphatic heterocycles. The van der Waals surface area contributed by atoms with Crippen molar-refractivity contribution in [1.82, 2.24) is 10.2 Å². The van der Waals surface area contributed by atoms with Crippen LogP contribution in [0.15, 0.2) is 18.2 Å². The van der Waals surface area contributed by atoms with E-state index >= 15 is 0 Å². The Bertz CT molecular complexity index is 623. The second-order valence-corrected chi connectivity index (χ2v) is 7.07. The average Bonchev–Trinajstić information content (AvgIpc) is 3.08. The number of nitrogens with zero attached hydrogens (tertiary/aromatic N) is 1. The molecule has 1 saturated carbocycles. The predicted molar refractivity (Wildman–Crippen MR) is 100 cm³/mol. The van der Waals surface area contributed by atoms with Crippen LogP contribution in [0.1, 0.15) is 48.4 Å². The van der Waals surface area contributed by atoms with E-state index in [1.807, 2.05) is 4.90 Å². The van der Waals surface area contributed by atoms with Crippen molar-refractivity contribution in [1.29, 1.82) is 0 Å². The minimum absolute atomic E-state index is 0. The van der Waals surface area contributed by atoms with Crippen LogP contribution in [0.4, 0.5) is 26.3 Å². The summed E-state index contributed by atoms with van der Waals surface area (Å²) < 4.78 is 79.8. The highest BCUT2D eigenvalue weighted by atomic mass is 35.5. The highest BCUT2D eigenvalue weighted by Crippen LogP contribution is 2.45. The summed E-state index contributed by atoms with van der Waals surface area (Å²) in [5.41, 5.74) is -2.42. The summed E-state index contributed by atoms with van der Waals surface area (Å²) in [6.07, 6.45) is -6.08. The van der Waals surface area contributed by atoms with Gasteiger partial charge in [-0.15, -0.1) is 24.8 Å². The van der Waals surface area contributed by atoms with E-state index in [9.17, 15) is 26.3 Å². The average molecular weight is 453 g/mol. The van der Waals surface area contributed by atoms with Crippen molar-refractivity contribution >= 4 is 24.8 Å². The molecule has 1 N–H and O–H groups in total. The highest BCUT2D eigenvalue weighted by molar-refractivity contribution is 5.85. The number of rotatable bonds is 3. The van der Waals surface area contributed by atoms with E-state index < -0.39 is 29.5 Å². The first kappa shape index (κ1) is 25.3. The Morgan fingerprint density at radius 3 is 1.96 bits per heavy atom. The van der Waals surface area contributed by atoms with Gasteiger partial charge >= 0.3 is 12.4 Å². The minimum Gasteiger partial charge on any atom is -0.314 e. The Balaban J connectivity index is 0.00000196. The standard InChI is InChI=1S/C18H22F6N2.2ClH/c19-17(20,21)13-5-6-14(15(11-13)18(22,23)24)16(12-3-1-2-4-12)26-9-7-25-8-10-26;;/h5-6,11-12,16,25H,1-4,7-10H2;2*1H/t16-;;/m1../s1. The minimum atomic E-state index is -4.82. The first-order valence-corrected chi connectivity index (χ1v) is 8.91. The molecule has 1 heterocycles. The van der Waals surface area contributed by atoms with Crippen LogP contribution in [0.2, 0.25) is 0 Å². The summed E-state index contributed by atoms with van der Waals surface area (Å²) in [5.74, 6) is 0.0472. The first-order chi connectivity index (χ1) is 12.2. The molecule has 0 unspecified atom stereocenters. The molecule has 0 spiro atoms. The summed E-state index contributed by atoms with van der Waals surface area (Å²) in [4.78, 5) is 2.00. The summed E-state index contributed by atoms with van der Waals surface area (Å²) >= 11 is 0. The smallest absolute Gasteiger partial charge is 0.314 e. The summed E-state index contributed by atoms with van der Waals surface area (Å²) in [6.45, 7) is 2.54. The van der Waals surface area contributed by atoms with Crippen molar-refractivity contribution in [3.63, 3.8) is 0 Å². The molecular weight excluding hydrogens is 429 g/mol. The van der Waals surface area contributed by atoms with Gasteiger partial charge in [0.2, 0.25) is 0 Å². The molecule has 0 radical (unpaired) electrons. The fourth-order valence-electron chi connectivity index (χ4n) is 4.22. The van der Waals surface area contributed by atoms with Crippen molar-refractivity contribution < 1.29 is 26.3 Å². The van der Waals surface area contributed by atoms with Gasteiger partial charge in [-0.1, -0.05) is 18.9 Å². The van der Waals surface area contributed by atoms with Crippen LogP contribution in [0.25, 0.3) is 0 Å². The SMILES string of the molecule is Cl.Cl.FC(F)(F)c1ccc([C@@H](C2CCCC2)N2CCNCC2)c(C(F)(F)F)c1. The number of alkyl halides is 6. The number of hydrogen-bond donors (Lipinski definition) is 1. The van der Waals surface area contributed by atoms with Gasteiger partial charge in [-0.3, -0.25) is 4.90 Å². The number of halogens is 8. The van der Waals surface area contributed by atoms with Gasteiger partial charge in [0.25, 0.3) is 0 Å². The molecule has 0 amide bonds. The Morgan fingerprint density at radius 2 is 1.46 bits per heavy atom. The van der Waals surface area contributed by atoms with Crippen molar-refractivity contribution in [2.24, 2.45) is 5.92 Å². The van der Waals surface area contributed by atoms with E-state index in [2.05, 4.69) is 5.32 Å². The van der Waals surface area contributed by atoms with E-state index in [-0.39, 0.29) is 42.4 Å². The van der Waals surface area contributed by atoms with E-state index in [0.29, 0.717) is 26.2 Å². The zero-order chi connectivity index (χ0) is 18.9. The van der Waals surface area contributed by atoms with E-state index in [1.54, 1.807) is 0 Å². The second kappa shape index (κ2) is 9.87. The highest BCUT2D eigenvalue weighted by Gasteiger charge is 2.42. The lowest BCUT2D eigenvalue weighted by atomic mass is 9.86. The molecule has 162 valence electrons. The predicted octanol–water partition coefficient (Wildman–Crippen LogP) is 5.70. The molecular formula is C18H24Cl2F6N2. The van der Waals surface area contributed by atoms with Crippen molar-refractivity contribution in [3.05, 3.63) is 34.9 Å². The van der Waals surface area contributed by atoms with Crippen LogP contribution in [-0.2, 0) is 12.4 Å². The third-order valence-corrected chi connectivity index (χ3v) is 5.40. The molecule has 2 fully saturated rings. The lowest BCUT2D eigenvalue weighted by molar-refractivity contribution is -0.144. The largest absolute Gasteiger partial charge is 0.416 e. The maximum atomic E-state index is 13.6. The normalized spacial score (nSPS) is 20.4. The lowest BCUT2D eigenvalue weighted by Gasteiger charge is -2.39. The first-order valence-electron chi connectivity index (χ1n) is 8.91. The van der Waals surface area contributed by atoms with Crippen molar-refractivity contribution in [2.75, 3.05) is 26.2 Å². The molecule has 10 heteroatoms. The molecule has 0 aromatic heterocycles. The molecule has 1 aliphatic carbocycles. The van der Waals surface area contributed by atoms with Gasteiger partial charge in [0.15, 0.2) is 0 Å². The Morgan fingerprint density at radius 1 is 0.893 bits per heavy atom. The van der Waals surface area contributed by atoms with Crippen LogP contribution in [0.5, 0.6) is 0 Å². The van der Waals surface area contributed by atoms with Gasteiger partial charge in [0.1, 0.15) is 0 Å². The third kappa shape index (κ3) is 5.68. The molecule has 2 aliphatic rings. The third-order valence-electron chi connectivity index (χ3n) is 5.40. The molecule has 2 nitrogen and oxygen atoms in total. The number of piperazine rings is 1. The summed E-state index contributed by atoms with van der Waals surface area (Å²) in [6, 6.07) is 1.63. The molecule has 0 bridgehead atoms. The van der Waals surface area contributed by atoms with E-state index in [1.165, 1.54) is 0 Å². The van der Waals surface area contributed by atoms with Gasteiger partial charge in [-0.2, -0.15) is 26.3 Å². The van der Waals surface area contributed by atoms with Crippen LogP contribution in [0, 0.1) is 5.92 Å². The molecule has 1 saturated heterocycles. The lowest BCUT2D eigenvalue weighted by Crippen LogP contribution is -2.47. The fourth-order valence-corrected chi connectivity index (χ4v) is 4.22. The molecule has 3 rings (SSSR count). The number of benzene rings is 1. The number of hydrogen-bond acceptors (Lipinski definition) is 2. The summed E-state index contributed by atoms with van der Waals surface area (Å²) in [5, 5.41) is 3.17. The van der Waals surface area contributed by atoms with Gasteiger partial charge in [0.05, 0.1) is 11.1 Å². The second-order valence-electron chi connectivity index (χ2n) is 7.07. The van der Waals surface area contributed by atoms with Gasteiger partial charge in [-0.25, -0.2) is 0 Å². The quantitative estimate of drug-likeness (QED) is 0.591. The van der Waals surface area contributed by atoms with Crippen molar-refractivity contribution in [2.45, 2.75) is 44.1 Å². The topological polar surface area (TPSA) is 15.3 Å². The van der Waals surface area contributed by atoms with Gasteiger partial charge in [0, 0.05) is 32.2 Å². The van der Waals surface area contributed by atoms with Gasteiger partial charge < -0.3 is 5.32 Å². The zero-order valence-corrected chi connectivity index (χ0v) is 16.7. The fraction of sp³-hybridized carbons (Fsp3) is 0.667. The van der Waals surface area contributed by atoms with Crippen molar-refractivity contribution in [3.8, 4) is 0 Å². The molecule has 1 aromatic carbocycles. The zero-order valence-electron chi connectivity index (χ0n) is 15.1. The molecule has 1 atom stereocenters. The molecule has 28 heavy (non-hydrogen) atoms. The van der Waals surface area contributed by atoms with Crippen LogP contribution >= 0.6 is 24.8 Å². The maximum absolute atomic E-state index is 13.6. The van der Waals surface area contributed by atoms with Gasteiger partial charge in [-0.05, 0) is 36.5 Å². The Hall–Kier alpha value is -0.700. The monoisotopic (exact) mass is 452 g/mol. The number of nitrogens with one attached hydrogen (secondary N) is 1. The Kier molecular flexibility index (Phi) is 8.93. The summed E-state index contributed by atoms with van der Waals surface area (Å²) in [7, 11) is 0. The van der Waals surface area contributed by atoms with Crippen LogP contribution in [0.3, 0.4) is 0 Å². The van der Waals surface area contributed by atoms with E-state index in [0.717, 1.165) is 37.8 Å². The van der Waals surface area contributed by atoms with E-state index in [4.69, 9.17) is 0 Å². The van der Waals surface area contributed by atoms with Crippen LogP contribution in [-0.4, -0.2) is 31.1 Å². The molecule has 1 aromatic rings. The maximum Gasteiger partial charge on any atom is 0.416 e. The van der Waals surface area contributed by atoms with Crippen LogP contribution < -0.4 is 5.32 Å². The Labute approximate surface area is 172 Å².